The zero-order chi connectivity index (χ0) is 102. The average Bonchev–Trinajstić information content (AvgIpc) is 0.749. The van der Waals surface area contributed by atoms with E-state index >= 15 is 0 Å². The molecule has 0 heterocycles. The highest BCUT2D eigenvalue weighted by atomic mass is 30.2. The molecule has 1 atom stereocenters. The Kier molecular flexibility index (Phi) is 61.9. The molecule has 56 nitrogen and oxygen atoms in total. The standard InChI is InChI=1S/C17H32O52Si55.2O2Si/c1-72(2)67-70-75(18)78(21)81(24)84(27)87(30)90(33)94(37)117(60)118(61)119(62)120(63)121(64)122(65)123(66)124(16-12-8-6-9-13-16,17-14-10-7-11-15-17)68-71-76(19)79(22)82(25)85(28)88(31)91(34)93(36)96(39)98(41)100(43)102(45)104(47)106(49)108(51)110(53)112(55)114(57)116(59)115(58)113(56)111(54)109(52)107(50)105(48)103(46)101(44)99(42)97(40)95(38)92(35)89(32)86(29)83(26)80(23)77(20)74(5)69-73(3)4;2*1-3-2/h6-15,72-74H,70-71H2,1-5H3;;. The molecule has 0 N–H and O–H groups in total. The van der Waals surface area contributed by atoms with Crippen molar-refractivity contribution in [3.8, 4) is 0 Å². The molecule has 0 aromatic heterocycles. The Bertz CT molecular complexity index is 6040. The minimum atomic E-state index is -5.09. The Morgan fingerprint density at radius 2 is 0.369 bits per heavy atom. The van der Waals surface area contributed by atoms with Crippen LogP contribution in [0.25, 0.3) is 0 Å². The van der Waals surface area contributed by atoms with Crippen LogP contribution in [0, 0.1) is 0 Å². The zero-order valence-corrected chi connectivity index (χ0v) is 122. The van der Waals surface area contributed by atoms with E-state index < -0.39 is 450 Å². The van der Waals surface area contributed by atoms with Gasteiger partial charge in [-0.2, -0.15) is 0 Å². The maximum atomic E-state index is 15.0. The van der Waals surface area contributed by atoms with Gasteiger partial charge in [-0.3, -0.25) is 17.8 Å². The monoisotopic (exact) mass is 2730 g/mol. The first-order valence-electron chi connectivity index (χ1n) is 32.5. The fourth-order valence-corrected chi connectivity index (χ4v) is 631. The third-order valence-electron chi connectivity index (χ3n) is 14.3. The zero-order valence-electron chi connectivity index (χ0n) is 63.8. The Morgan fingerprint density at radius 1 is 0.215 bits per heavy atom. The minimum absolute atomic E-state index is 0.243. The Hall–Kier alpha value is 0.0823. The predicted molar refractivity (Wildman–Crippen MR) is 459 cm³/mol. The maximum absolute atomic E-state index is 15.0. The Labute approximate surface area is 792 Å². The molecule has 0 fully saturated rings. The van der Waals surface area contributed by atoms with E-state index in [4.69, 9.17) is 30.2 Å². The lowest BCUT2D eigenvalue weighted by Gasteiger charge is -2.29. The van der Waals surface area contributed by atoms with Crippen molar-refractivity contribution >= 4 is 460 Å². The van der Waals surface area contributed by atoms with Gasteiger partial charge in [0.2, 0.25) is 27.1 Å². The third kappa shape index (κ3) is 35.6. The van der Waals surface area contributed by atoms with Gasteiger partial charge in [-0.1, -0.05) is 60.7 Å². The molecule has 0 aliphatic heterocycles. The SMILES string of the molecule is C[SiH](C)O[SiH2][Si](=O)[Si](=O)[Si](=O)[Si](=O)[Si](=O)[Si](=O)[Si](=O)[Si](=O)[Si](=O)[Si](=O)[Si](=O)[Si](=O)[Si](=O)[Si](=O)[Si](O[SiH2][Si](=O)[Si](=O)[Si](=O)[Si](=O)[Si](=O)[Si](=O)[Si](=O)[Si](=O)[Si](=O)[Si](=O)[Si](=O)[Si](=O)[Si](=O)[Si](=O)[Si](=O)[Si](=O)[Si](=O)[Si](=O)[Si](=O)[Si](=O)[Si](=O)[Si](=O)[Si](=O)[Si](=O)[Si](=O)[Si](=O)[Si](=O)[Si](=O)[Si](=O)[Si](=O)[Si](=O)[Si](=O)[Si](=O)[Si](=O)[Si](=O)[SiH](C)O[SiH](C)C)(c1ccccc1)c1ccccc1.O=[Si]=O.O=[Si]=O. The van der Waals surface area contributed by atoms with Gasteiger partial charge in [-0.25, -0.2) is 0 Å². The van der Waals surface area contributed by atoms with Gasteiger partial charge in [0.25, 0.3) is 7.83 Å². The summed E-state index contributed by atoms with van der Waals surface area (Å²) in [6, 6.07) is 12.1. The molecule has 2 aromatic carbocycles. The first-order chi connectivity index (χ1) is 59.9. The van der Waals surface area contributed by atoms with Crippen LogP contribution in [0.1, 0.15) is 0 Å². The second-order valence-electron chi connectivity index (χ2n) is 23.4. The van der Waals surface area contributed by atoms with E-state index in [0.717, 1.165) is 24.3 Å². The van der Waals surface area contributed by atoms with Crippen LogP contribution in [-0.4, -0.2) is 450 Å². The van der Waals surface area contributed by atoms with E-state index in [1.54, 1.807) is 26.2 Å². The molecule has 0 saturated heterocycles. The summed E-state index contributed by atoms with van der Waals surface area (Å²) < 4.78 is 694. The van der Waals surface area contributed by atoms with Crippen LogP contribution in [0.15, 0.2) is 60.7 Å². The largest absolute Gasteiger partial charge is 0.549 e. The number of rotatable bonds is 59. The summed E-state index contributed by atoms with van der Waals surface area (Å²) in [6.07, 6.45) is 0. The summed E-state index contributed by atoms with van der Waals surface area (Å²) >= 11 is 0. The first-order valence-corrected chi connectivity index (χ1v) is 168. The summed E-state index contributed by atoms with van der Waals surface area (Å²) in [7, 11) is -245. The van der Waals surface area contributed by atoms with Crippen molar-refractivity contribution in [1.82, 2.24) is 0 Å². The lowest BCUT2D eigenvalue weighted by molar-refractivity contribution is 0.496. The van der Waals surface area contributed by atoms with Crippen LogP contribution in [0.2, 0.25) is 32.7 Å². The summed E-state index contributed by atoms with van der Waals surface area (Å²) in [6.45, 7) is 7.81. The van der Waals surface area contributed by atoms with Crippen molar-refractivity contribution in [1.29, 1.82) is 0 Å². The molecule has 664 valence electrons. The summed E-state index contributed by atoms with van der Waals surface area (Å²) in [5.74, 6) is 0. The normalized spacial score (nSPS) is 10.5. The van der Waals surface area contributed by atoms with E-state index in [9.17, 15) is 219 Å². The maximum Gasteiger partial charge on any atom is 0.549 e. The molecule has 0 amide bonds. The van der Waals surface area contributed by atoms with E-state index in [2.05, 4.69) is 0 Å². The van der Waals surface area contributed by atoms with Gasteiger partial charge in [-0.15, -0.1) is 0 Å². The molecule has 0 radical (unpaired) electrons. The molecule has 130 heavy (non-hydrogen) atoms. The van der Waals surface area contributed by atoms with Crippen molar-refractivity contribution < 1.29 is 249 Å². The van der Waals surface area contributed by atoms with Crippen LogP contribution in [-0.2, 0) is 249 Å². The molecule has 113 heteroatoms. The molecule has 1 unspecified atom stereocenters. The fourth-order valence-electron chi connectivity index (χ4n) is 8.06. The molecular formula is C17H32O56Si57. The summed E-state index contributed by atoms with van der Waals surface area (Å²) in [4.78, 5) is 0. The van der Waals surface area contributed by atoms with Gasteiger partial charge in [0.05, 0.1) is 0 Å². The van der Waals surface area contributed by atoms with Crippen molar-refractivity contribution in [2.24, 2.45) is 0 Å². The quantitative estimate of drug-likeness (QED) is 0.0555. The highest BCUT2D eigenvalue weighted by molar-refractivity contribution is 7.87. The van der Waals surface area contributed by atoms with Crippen molar-refractivity contribution in [3.63, 3.8) is 0 Å². The van der Waals surface area contributed by atoms with Crippen molar-refractivity contribution in [2.45, 2.75) is 32.7 Å². The Morgan fingerprint density at radius 3 is 0.538 bits per heavy atom. The second kappa shape index (κ2) is 61.8. The number of hydrogen-bond donors (Lipinski definition) is 0. The lowest BCUT2D eigenvalue weighted by Crippen LogP contribution is -2.73. The molecule has 0 spiro atoms. The van der Waals surface area contributed by atoms with Crippen LogP contribution in [0.5, 0.6) is 0 Å². The van der Waals surface area contributed by atoms with Crippen LogP contribution in [0.3, 0.4) is 0 Å². The van der Waals surface area contributed by atoms with Gasteiger partial charge < -0.3 is 231 Å². The van der Waals surface area contributed by atoms with Crippen LogP contribution >= 0.6 is 0 Å². The highest BCUT2D eigenvalue weighted by Crippen LogP contribution is 2.11. The molecular weight excluding hydrogens is 2700 g/mol. The van der Waals surface area contributed by atoms with E-state index in [0.29, 0.717) is 0 Å². The number of benzene rings is 2. The molecule has 0 saturated carbocycles. The van der Waals surface area contributed by atoms with Gasteiger partial charge in [0.15, 0.2) is 18.1 Å². The van der Waals surface area contributed by atoms with Gasteiger partial charge in [0, 0.05) is 0 Å². The Balaban J connectivity index is 0.0000269. The van der Waals surface area contributed by atoms with Gasteiger partial charge >= 0.3 is 397 Å². The van der Waals surface area contributed by atoms with E-state index in [-0.39, 0.29) is 10.4 Å². The average molecular weight is 2730 g/mol. The molecule has 0 bridgehead atoms. The fraction of sp³-hybridized carbons (Fsp3) is 0.294. The van der Waals surface area contributed by atoms with Gasteiger partial charge in [-0.05, 0) is 43.1 Å². The molecule has 2 aromatic rings. The highest BCUT2D eigenvalue weighted by Gasteiger charge is 2.63. The smallest absolute Gasteiger partial charge is 0.460 e. The lowest BCUT2D eigenvalue weighted by atomic mass is 10.4. The first kappa shape index (κ1) is 130. The third-order valence-corrected chi connectivity index (χ3v) is 432. The molecule has 2 rings (SSSR count). The van der Waals surface area contributed by atoms with Gasteiger partial charge in [0.1, 0.15) is 0 Å². The summed E-state index contributed by atoms with van der Waals surface area (Å²) in [5, 5.41) is -0.485. The predicted octanol–water partition coefficient (Wildman–Crippen LogP) is -25.4. The van der Waals surface area contributed by atoms with E-state index in [1.807, 2.05) is 0 Å². The minimum Gasteiger partial charge on any atom is -0.460 e. The van der Waals surface area contributed by atoms with Crippen molar-refractivity contribution in [3.05, 3.63) is 60.7 Å². The summed E-state index contributed by atoms with van der Waals surface area (Å²) in [5.41, 5.74) is 0. The molecule has 0 aliphatic rings. The topological polar surface area (TPSA) is 932 Å². The van der Waals surface area contributed by atoms with Crippen molar-refractivity contribution in [2.75, 3.05) is 0 Å². The molecule has 0 aliphatic carbocycles. The van der Waals surface area contributed by atoms with E-state index in [1.165, 1.54) is 42.9 Å². The second-order valence-corrected chi connectivity index (χ2v) is 285. The van der Waals surface area contributed by atoms with Crippen LogP contribution < -0.4 is 10.4 Å². The van der Waals surface area contributed by atoms with Crippen LogP contribution in [0.4, 0.5) is 0 Å². The number of hydrogen-bond acceptors (Lipinski definition) is 56.